The summed E-state index contributed by atoms with van der Waals surface area (Å²) in [7, 11) is 0. The SMILES string of the molecule is N#Cc1cccc(N2c3ccc(-c4ccc5c(c4)c4ccccc4n5-c4ccc(-c5ccccc5)cc4)cc3C3C=CC=CC32)c1. The zero-order valence-electron chi connectivity index (χ0n) is 25.1. The van der Waals surface area contributed by atoms with E-state index < -0.39 is 0 Å². The highest BCUT2D eigenvalue weighted by Gasteiger charge is 2.37. The third-order valence-corrected chi connectivity index (χ3v) is 9.54. The second kappa shape index (κ2) is 10.5. The number of hydrogen-bond donors (Lipinski definition) is 0. The summed E-state index contributed by atoms with van der Waals surface area (Å²) in [4.78, 5) is 2.38. The third kappa shape index (κ3) is 4.12. The fourth-order valence-electron chi connectivity index (χ4n) is 7.41. The van der Waals surface area contributed by atoms with Crippen LogP contribution < -0.4 is 4.90 Å². The Morgan fingerprint density at radius 1 is 0.522 bits per heavy atom. The maximum atomic E-state index is 9.56. The van der Waals surface area contributed by atoms with Gasteiger partial charge < -0.3 is 9.47 Å². The van der Waals surface area contributed by atoms with Crippen molar-refractivity contribution in [3.8, 4) is 34.0 Å². The van der Waals surface area contributed by atoms with E-state index in [1.165, 1.54) is 55.3 Å². The summed E-state index contributed by atoms with van der Waals surface area (Å²) < 4.78 is 2.38. The van der Waals surface area contributed by atoms with Gasteiger partial charge in [0.2, 0.25) is 0 Å². The highest BCUT2D eigenvalue weighted by Crippen LogP contribution is 2.49. The van der Waals surface area contributed by atoms with Gasteiger partial charge in [0, 0.05) is 33.8 Å². The van der Waals surface area contributed by atoms with Gasteiger partial charge in [-0.25, -0.2) is 0 Å². The molecule has 1 aliphatic heterocycles. The number of anilines is 2. The van der Waals surface area contributed by atoms with E-state index >= 15 is 0 Å². The van der Waals surface area contributed by atoms with Crippen LogP contribution in [0.15, 0.2) is 164 Å². The number of benzene rings is 6. The number of allylic oxidation sites excluding steroid dienone is 2. The lowest BCUT2D eigenvalue weighted by Gasteiger charge is -2.28. The van der Waals surface area contributed by atoms with Crippen LogP contribution >= 0.6 is 0 Å². The number of nitriles is 1. The van der Waals surface area contributed by atoms with E-state index in [4.69, 9.17) is 0 Å². The molecule has 7 aromatic rings. The summed E-state index contributed by atoms with van der Waals surface area (Å²) in [5, 5.41) is 12.1. The Balaban J connectivity index is 1.15. The van der Waals surface area contributed by atoms with Crippen molar-refractivity contribution in [2.45, 2.75) is 12.0 Å². The maximum Gasteiger partial charge on any atom is 0.0992 e. The van der Waals surface area contributed by atoms with Crippen LogP contribution in [0.4, 0.5) is 11.4 Å². The highest BCUT2D eigenvalue weighted by atomic mass is 15.2. The maximum absolute atomic E-state index is 9.56. The molecule has 0 radical (unpaired) electrons. The van der Waals surface area contributed by atoms with E-state index in [1.807, 2.05) is 18.2 Å². The topological polar surface area (TPSA) is 32.0 Å². The molecule has 3 heteroatoms. The molecule has 0 fully saturated rings. The molecule has 216 valence electrons. The highest BCUT2D eigenvalue weighted by molar-refractivity contribution is 6.10. The average Bonchev–Trinajstić information content (AvgIpc) is 3.64. The number of para-hydroxylation sites is 1. The van der Waals surface area contributed by atoms with Crippen LogP contribution in [-0.4, -0.2) is 10.6 Å². The van der Waals surface area contributed by atoms with Gasteiger partial charge in [0.05, 0.1) is 28.7 Å². The van der Waals surface area contributed by atoms with Gasteiger partial charge in [0.25, 0.3) is 0 Å². The largest absolute Gasteiger partial charge is 0.333 e. The summed E-state index contributed by atoms with van der Waals surface area (Å²) in [5.41, 5.74) is 12.6. The quantitative estimate of drug-likeness (QED) is 0.205. The van der Waals surface area contributed by atoms with Crippen LogP contribution in [0, 0.1) is 11.3 Å². The number of nitrogens with zero attached hydrogens (tertiary/aromatic N) is 3. The predicted molar refractivity (Wildman–Crippen MR) is 190 cm³/mol. The van der Waals surface area contributed by atoms with Crippen LogP contribution in [0.2, 0.25) is 0 Å². The molecule has 0 spiro atoms. The van der Waals surface area contributed by atoms with E-state index in [1.54, 1.807) is 0 Å². The molecule has 6 aromatic carbocycles. The summed E-state index contributed by atoms with van der Waals surface area (Å²) in [5.74, 6) is 0.246. The molecule has 3 nitrogen and oxygen atoms in total. The van der Waals surface area contributed by atoms with Crippen molar-refractivity contribution >= 4 is 33.2 Å². The molecule has 0 bridgehead atoms. The molecule has 1 aromatic heterocycles. The minimum Gasteiger partial charge on any atom is -0.333 e. The average molecular weight is 588 g/mol. The standard InChI is InChI=1S/C43H29N3/c44-28-29-9-8-12-35(25-29)46-41-16-7-5-14-37(41)39-27-33(20-24-43(39)46)32-19-23-42-38(26-32)36-13-4-6-15-40(36)45(42)34-21-17-31(18-22-34)30-10-2-1-3-11-30/h1-27,37,41H. The molecule has 0 amide bonds. The number of aromatic nitrogens is 1. The summed E-state index contributed by atoms with van der Waals surface area (Å²) in [6.07, 6.45) is 8.87. The van der Waals surface area contributed by atoms with Gasteiger partial charge in [-0.05, 0) is 88.5 Å². The number of fused-ring (bicyclic) bond motifs is 6. The van der Waals surface area contributed by atoms with Crippen molar-refractivity contribution in [3.63, 3.8) is 0 Å². The summed E-state index contributed by atoms with van der Waals surface area (Å²) in [6, 6.07) is 52.3. The van der Waals surface area contributed by atoms with E-state index in [2.05, 4.69) is 161 Å². The first-order valence-electron chi connectivity index (χ1n) is 15.7. The van der Waals surface area contributed by atoms with E-state index in [9.17, 15) is 5.26 Å². The molecule has 2 heterocycles. The van der Waals surface area contributed by atoms with E-state index in [0.717, 1.165) is 11.4 Å². The summed E-state index contributed by atoms with van der Waals surface area (Å²) in [6.45, 7) is 0. The normalized spacial score (nSPS) is 16.5. The number of rotatable bonds is 4. The third-order valence-electron chi connectivity index (χ3n) is 9.54. The molecule has 2 atom stereocenters. The van der Waals surface area contributed by atoms with Crippen LogP contribution in [-0.2, 0) is 0 Å². The lowest BCUT2D eigenvalue weighted by atomic mass is 9.89. The van der Waals surface area contributed by atoms with Crippen molar-refractivity contribution in [2.24, 2.45) is 0 Å². The Hall–Kier alpha value is -6.11. The van der Waals surface area contributed by atoms with Crippen molar-refractivity contribution in [1.29, 1.82) is 5.26 Å². The van der Waals surface area contributed by atoms with Gasteiger partial charge in [0.1, 0.15) is 0 Å². The monoisotopic (exact) mass is 587 g/mol. The molecule has 0 saturated heterocycles. The Bertz CT molecular complexity index is 2390. The van der Waals surface area contributed by atoms with Crippen LogP contribution in [0.5, 0.6) is 0 Å². The Labute approximate surface area is 268 Å². The molecule has 0 saturated carbocycles. The Kier molecular flexibility index (Phi) is 6.01. The minimum atomic E-state index is 0.179. The molecular weight excluding hydrogens is 558 g/mol. The van der Waals surface area contributed by atoms with Crippen LogP contribution in [0.25, 0.3) is 49.7 Å². The predicted octanol–water partition coefficient (Wildman–Crippen LogP) is 10.7. The first-order chi connectivity index (χ1) is 22.8. The molecular formula is C43H29N3. The van der Waals surface area contributed by atoms with Crippen molar-refractivity contribution < 1.29 is 0 Å². The molecule has 2 aliphatic rings. The van der Waals surface area contributed by atoms with Crippen molar-refractivity contribution in [2.75, 3.05) is 4.90 Å². The van der Waals surface area contributed by atoms with Gasteiger partial charge in [-0.1, -0.05) is 103 Å². The molecule has 46 heavy (non-hydrogen) atoms. The lowest BCUT2D eigenvalue weighted by Crippen LogP contribution is -2.28. The van der Waals surface area contributed by atoms with E-state index in [0.29, 0.717) is 5.56 Å². The zero-order valence-corrected chi connectivity index (χ0v) is 25.1. The minimum absolute atomic E-state index is 0.179. The molecule has 0 N–H and O–H groups in total. The van der Waals surface area contributed by atoms with Crippen LogP contribution in [0.1, 0.15) is 17.0 Å². The number of hydrogen-bond acceptors (Lipinski definition) is 2. The first-order valence-corrected chi connectivity index (χ1v) is 15.7. The van der Waals surface area contributed by atoms with Gasteiger partial charge in [-0.3, -0.25) is 0 Å². The smallest absolute Gasteiger partial charge is 0.0992 e. The second-order valence-electron chi connectivity index (χ2n) is 12.1. The summed E-state index contributed by atoms with van der Waals surface area (Å²) >= 11 is 0. The van der Waals surface area contributed by atoms with Gasteiger partial charge in [-0.2, -0.15) is 5.26 Å². The van der Waals surface area contributed by atoms with Gasteiger partial charge in [-0.15, -0.1) is 0 Å². The van der Waals surface area contributed by atoms with Gasteiger partial charge in [0.15, 0.2) is 0 Å². The van der Waals surface area contributed by atoms with E-state index in [-0.39, 0.29) is 12.0 Å². The molecule has 1 aliphatic carbocycles. The van der Waals surface area contributed by atoms with Crippen molar-refractivity contribution in [3.05, 3.63) is 175 Å². The zero-order chi connectivity index (χ0) is 30.6. The molecule has 9 rings (SSSR count). The van der Waals surface area contributed by atoms with Crippen LogP contribution in [0.3, 0.4) is 0 Å². The second-order valence-corrected chi connectivity index (χ2v) is 12.1. The Morgan fingerprint density at radius 2 is 1.24 bits per heavy atom. The Morgan fingerprint density at radius 3 is 2.11 bits per heavy atom. The van der Waals surface area contributed by atoms with Crippen molar-refractivity contribution in [1.82, 2.24) is 4.57 Å². The fourth-order valence-corrected chi connectivity index (χ4v) is 7.41. The first kappa shape index (κ1) is 26.3. The lowest BCUT2D eigenvalue weighted by molar-refractivity contribution is 0.745. The van der Waals surface area contributed by atoms with Gasteiger partial charge >= 0.3 is 0 Å². The molecule has 2 unspecified atom stereocenters. The fraction of sp³-hybridized carbons (Fsp3) is 0.0465.